The van der Waals surface area contributed by atoms with Crippen molar-refractivity contribution in [1.29, 1.82) is 0 Å². The van der Waals surface area contributed by atoms with Crippen molar-refractivity contribution in [3.63, 3.8) is 0 Å². The van der Waals surface area contributed by atoms with Crippen molar-refractivity contribution in [3.8, 4) is 5.75 Å². The molecule has 0 spiro atoms. The molecule has 0 aliphatic rings. The van der Waals surface area contributed by atoms with Crippen LogP contribution in [0.15, 0.2) is 18.2 Å². The first-order valence-corrected chi connectivity index (χ1v) is 6.30. The summed E-state index contributed by atoms with van der Waals surface area (Å²) in [5, 5.41) is 0. The molecule has 1 rings (SSSR count). The smallest absolute Gasteiger partial charge is 0.181 e. The van der Waals surface area contributed by atoms with E-state index in [2.05, 4.69) is 20.8 Å². The Balaban J connectivity index is 3.24. The summed E-state index contributed by atoms with van der Waals surface area (Å²) < 4.78 is 5.45. The summed E-state index contributed by atoms with van der Waals surface area (Å²) in [5.41, 5.74) is 1.69. The average Bonchev–Trinajstić information content (AvgIpc) is 2.27. The first-order chi connectivity index (χ1) is 7.90. The molecule has 0 unspecified atom stereocenters. The van der Waals surface area contributed by atoms with Crippen LogP contribution in [0, 0.1) is 0 Å². The topological polar surface area (TPSA) is 26.3 Å². The summed E-state index contributed by atoms with van der Waals surface area (Å²) >= 11 is 5.62. The number of benzene rings is 1. The van der Waals surface area contributed by atoms with E-state index in [0.29, 0.717) is 17.9 Å². The number of carbonyl (C=O) groups is 1. The number of rotatable bonds is 4. The zero-order chi connectivity index (χ0) is 13.1. The van der Waals surface area contributed by atoms with E-state index in [-0.39, 0.29) is 17.1 Å². The lowest BCUT2D eigenvalue weighted by atomic mass is 9.85. The molecule has 0 aliphatic heterocycles. The van der Waals surface area contributed by atoms with Crippen LogP contribution in [0.4, 0.5) is 0 Å². The lowest BCUT2D eigenvalue weighted by Crippen LogP contribution is -2.13. The standard InChI is InChI=1S/C14H19ClO2/c1-5-17-13-7-6-10(14(2,3)4)8-11(13)12(16)9-15/h6-8H,5,9H2,1-4H3. The Morgan fingerprint density at radius 2 is 2.00 bits per heavy atom. The van der Waals surface area contributed by atoms with E-state index >= 15 is 0 Å². The summed E-state index contributed by atoms with van der Waals surface area (Å²) in [6.45, 7) is 8.76. The fraction of sp³-hybridized carbons (Fsp3) is 0.500. The Kier molecular flexibility index (Phi) is 4.58. The zero-order valence-electron chi connectivity index (χ0n) is 10.8. The van der Waals surface area contributed by atoms with Gasteiger partial charge in [0.1, 0.15) is 5.75 Å². The van der Waals surface area contributed by atoms with Crippen molar-refractivity contribution in [2.24, 2.45) is 0 Å². The zero-order valence-corrected chi connectivity index (χ0v) is 11.6. The summed E-state index contributed by atoms with van der Waals surface area (Å²) in [5.74, 6) is 0.501. The van der Waals surface area contributed by atoms with E-state index in [1.54, 1.807) is 0 Å². The molecule has 0 bridgehead atoms. The summed E-state index contributed by atoms with van der Waals surface area (Å²) in [6.07, 6.45) is 0. The van der Waals surface area contributed by atoms with Crippen LogP contribution in [-0.2, 0) is 5.41 Å². The molecule has 0 aliphatic carbocycles. The number of hydrogen-bond acceptors (Lipinski definition) is 2. The van der Waals surface area contributed by atoms with Crippen LogP contribution >= 0.6 is 11.6 Å². The highest BCUT2D eigenvalue weighted by molar-refractivity contribution is 6.30. The third-order valence-electron chi connectivity index (χ3n) is 2.57. The predicted octanol–water partition coefficient (Wildman–Crippen LogP) is 3.80. The molecule has 0 atom stereocenters. The van der Waals surface area contributed by atoms with Crippen LogP contribution in [0.5, 0.6) is 5.75 Å². The lowest BCUT2D eigenvalue weighted by molar-refractivity contribution is 0.101. The molecule has 0 amide bonds. The van der Waals surface area contributed by atoms with Gasteiger partial charge in [-0.2, -0.15) is 0 Å². The van der Waals surface area contributed by atoms with Gasteiger partial charge in [-0.3, -0.25) is 4.79 Å². The first-order valence-electron chi connectivity index (χ1n) is 5.76. The van der Waals surface area contributed by atoms with Gasteiger partial charge in [0.25, 0.3) is 0 Å². The second kappa shape index (κ2) is 5.54. The number of alkyl halides is 1. The normalized spacial score (nSPS) is 11.4. The van der Waals surface area contributed by atoms with E-state index in [4.69, 9.17) is 16.3 Å². The van der Waals surface area contributed by atoms with Gasteiger partial charge in [0.15, 0.2) is 5.78 Å². The number of ketones is 1. The van der Waals surface area contributed by atoms with Crippen LogP contribution in [0.2, 0.25) is 0 Å². The van der Waals surface area contributed by atoms with E-state index in [0.717, 1.165) is 5.56 Å². The molecule has 1 aromatic carbocycles. The minimum absolute atomic E-state index is 0.00604. The summed E-state index contributed by atoms with van der Waals surface area (Å²) in [4.78, 5) is 11.8. The molecule has 94 valence electrons. The third kappa shape index (κ3) is 3.47. The van der Waals surface area contributed by atoms with E-state index < -0.39 is 0 Å². The monoisotopic (exact) mass is 254 g/mol. The van der Waals surface area contributed by atoms with Crippen molar-refractivity contribution in [1.82, 2.24) is 0 Å². The Hall–Kier alpha value is -1.02. The lowest BCUT2D eigenvalue weighted by Gasteiger charge is -2.20. The fourth-order valence-corrected chi connectivity index (χ4v) is 1.71. The van der Waals surface area contributed by atoms with Crippen LogP contribution in [0.25, 0.3) is 0 Å². The largest absolute Gasteiger partial charge is 0.493 e. The quantitative estimate of drug-likeness (QED) is 0.603. The number of halogens is 1. The molecule has 1 aromatic rings. The van der Waals surface area contributed by atoms with Gasteiger partial charge in [-0.1, -0.05) is 26.8 Å². The maximum Gasteiger partial charge on any atom is 0.181 e. The number of hydrogen-bond donors (Lipinski definition) is 0. The van der Waals surface area contributed by atoms with Crippen LogP contribution in [0.1, 0.15) is 43.6 Å². The molecule has 0 N–H and O–H groups in total. The maximum absolute atomic E-state index is 11.8. The fourth-order valence-electron chi connectivity index (χ4n) is 1.57. The molecule has 3 heteroatoms. The summed E-state index contributed by atoms with van der Waals surface area (Å²) in [6, 6.07) is 5.73. The highest BCUT2D eigenvalue weighted by Gasteiger charge is 2.18. The Morgan fingerprint density at radius 3 is 2.47 bits per heavy atom. The number of ether oxygens (including phenoxy) is 1. The van der Waals surface area contributed by atoms with Crippen LogP contribution in [0.3, 0.4) is 0 Å². The van der Waals surface area contributed by atoms with Gasteiger partial charge in [0.05, 0.1) is 18.1 Å². The molecular formula is C14H19ClO2. The third-order valence-corrected chi connectivity index (χ3v) is 2.81. The summed E-state index contributed by atoms with van der Waals surface area (Å²) in [7, 11) is 0. The van der Waals surface area contributed by atoms with Gasteiger partial charge in [0.2, 0.25) is 0 Å². The van der Waals surface area contributed by atoms with E-state index in [1.165, 1.54) is 0 Å². The molecule has 0 fully saturated rings. The average molecular weight is 255 g/mol. The second-order valence-electron chi connectivity index (χ2n) is 4.95. The van der Waals surface area contributed by atoms with Crippen molar-refractivity contribution in [2.45, 2.75) is 33.1 Å². The molecule has 17 heavy (non-hydrogen) atoms. The number of Topliss-reactive ketones (excluding diaryl/α,β-unsaturated/α-hetero) is 1. The minimum Gasteiger partial charge on any atom is -0.493 e. The van der Waals surface area contributed by atoms with E-state index in [1.807, 2.05) is 25.1 Å². The van der Waals surface area contributed by atoms with Crippen LogP contribution < -0.4 is 4.74 Å². The SMILES string of the molecule is CCOc1ccc(C(C)(C)C)cc1C(=O)CCl. The molecule has 0 aromatic heterocycles. The van der Waals surface area contributed by atoms with Crippen molar-refractivity contribution in [2.75, 3.05) is 12.5 Å². The van der Waals surface area contributed by atoms with Gasteiger partial charge in [-0.25, -0.2) is 0 Å². The van der Waals surface area contributed by atoms with Crippen LogP contribution in [-0.4, -0.2) is 18.3 Å². The van der Waals surface area contributed by atoms with E-state index in [9.17, 15) is 4.79 Å². The Morgan fingerprint density at radius 1 is 1.35 bits per heavy atom. The van der Waals surface area contributed by atoms with Crippen molar-refractivity contribution >= 4 is 17.4 Å². The Labute approximate surface area is 108 Å². The molecule has 0 saturated heterocycles. The maximum atomic E-state index is 11.8. The first kappa shape index (κ1) is 14.0. The molecular weight excluding hydrogens is 236 g/mol. The predicted molar refractivity (Wildman–Crippen MR) is 71.4 cm³/mol. The van der Waals surface area contributed by atoms with Gasteiger partial charge >= 0.3 is 0 Å². The minimum atomic E-state index is -0.0961. The second-order valence-corrected chi connectivity index (χ2v) is 5.22. The molecule has 2 nitrogen and oxygen atoms in total. The molecule has 0 heterocycles. The number of carbonyl (C=O) groups excluding carboxylic acids is 1. The Bertz CT molecular complexity index is 405. The van der Waals surface area contributed by atoms with Gasteiger partial charge in [-0.05, 0) is 30.0 Å². The van der Waals surface area contributed by atoms with Gasteiger partial charge in [-0.15, -0.1) is 11.6 Å². The van der Waals surface area contributed by atoms with Crippen molar-refractivity contribution < 1.29 is 9.53 Å². The van der Waals surface area contributed by atoms with Crippen molar-refractivity contribution in [3.05, 3.63) is 29.3 Å². The molecule has 0 radical (unpaired) electrons. The highest BCUT2D eigenvalue weighted by atomic mass is 35.5. The van der Waals surface area contributed by atoms with Gasteiger partial charge in [0, 0.05) is 0 Å². The highest BCUT2D eigenvalue weighted by Crippen LogP contribution is 2.28. The van der Waals surface area contributed by atoms with Gasteiger partial charge < -0.3 is 4.74 Å². The molecule has 0 saturated carbocycles.